The first-order chi connectivity index (χ1) is 8.69. The van der Waals surface area contributed by atoms with E-state index in [0.29, 0.717) is 12.8 Å². The minimum atomic E-state index is -4.22. The van der Waals surface area contributed by atoms with Crippen LogP contribution in [0.2, 0.25) is 0 Å². The lowest BCUT2D eigenvalue weighted by Crippen LogP contribution is -2.32. The monoisotopic (exact) mass is 277 g/mol. The normalized spacial score (nSPS) is 25.6. The third-order valence-corrected chi connectivity index (χ3v) is 3.52. The van der Waals surface area contributed by atoms with E-state index in [4.69, 9.17) is 10.3 Å². The highest BCUT2D eigenvalue weighted by molar-refractivity contribution is 5.05. The van der Waals surface area contributed by atoms with Crippen molar-refractivity contribution in [3.05, 3.63) is 11.7 Å². The smallest absolute Gasteiger partial charge is 0.339 e. The maximum atomic E-state index is 13.0. The number of nitrogens with two attached hydrogens (primary N) is 1. The quantitative estimate of drug-likeness (QED) is 0.902. The first-order valence-corrected chi connectivity index (χ1v) is 6.39. The van der Waals surface area contributed by atoms with Gasteiger partial charge in [-0.05, 0) is 26.7 Å². The molecule has 7 heteroatoms. The average molecular weight is 277 g/mol. The Balaban J connectivity index is 2.26. The van der Waals surface area contributed by atoms with Gasteiger partial charge in [-0.2, -0.15) is 18.2 Å². The molecule has 4 nitrogen and oxygen atoms in total. The molecule has 0 aromatic carbocycles. The Morgan fingerprint density at radius 3 is 2.37 bits per heavy atom. The molecule has 19 heavy (non-hydrogen) atoms. The molecule has 0 saturated heterocycles. The molecule has 1 heterocycles. The molecule has 1 aliphatic carbocycles. The van der Waals surface area contributed by atoms with Crippen LogP contribution in [0.3, 0.4) is 0 Å². The number of alkyl halides is 3. The fraction of sp³-hybridized carbons (Fsp3) is 0.833. The molecule has 0 bridgehead atoms. The van der Waals surface area contributed by atoms with E-state index >= 15 is 0 Å². The van der Waals surface area contributed by atoms with Gasteiger partial charge in [0.15, 0.2) is 5.82 Å². The van der Waals surface area contributed by atoms with Crippen LogP contribution in [-0.4, -0.2) is 16.3 Å². The number of rotatable bonds is 2. The fourth-order valence-electron chi connectivity index (χ4n) is 2.47. The first-order valence-electron chi connectivity index (χ1n) is 6.39. The van der Waals surface area contributed by atoms with Crippen LogP contribution in [0.4, 0.5) is 13.2 Å². The first kappa shape index (κ1) is 14.3. The van der Waals surface area contributed by atoms with Crippen molar-refractivity contribution >= 4 is 0 Å². The minimum Gasteiger partial charge on any atom is -0.339 e. The molecule has 1 saturated carbocycles. The van der Waals surface area contributed by atoms with Crippen LogP contribution < -0.4 is 5.73 Å². The summed E-state index contributed by atoms with van der Waals surface area (Å²) in [6, 6.07) is 0. The second-order valence-corrected chi connectivity index (χ2v) is 5.72. The summed E-state index contributed by atoms with van der Waals surface area (Å²) in [5.41, 5.74) is 5.00. The van der Waals surface area contributed by atoms with E-state index in [1.807, 2.05) is 0 Å². The van der Waals surface area contributed by atoms with Gasteiger partial charge in [0.05, 0.1) is 11.5 Å². The molecule has 0 amide bonds. The summed E-state index contributed by atoms with van der Waals surface area (Å²) in [7, 11) is 0. The molecule has 2 atom stereocenters. The molecule has 2 N–H and O–H groups in total. The van der Waals surface area contributed by atoms with Gasteiger partial charge in [-0.3, -0.25) is 0 Å². The summed E-state index contributed by atoms with van der Waals surface area (Å²) in [4.78, 5) is 4.07. The Kier molecular flexibility index (Phi) is 3.59. The van der Waals surface area contributed by atoms with E-state index in [1.54, 1.807) is 13.8 Å². The molecule has 108 valence electrons. The third-order valence-electron chi connectivity index (χ3n) is 3.52. The molecular formula is C12H18F3N3O. The van der Waals surface area contributed by atoms with Crippen molar-refractivity contribution in [3.8, 4) is 0 Å². The van der Waals surface area contributed by atoms with E-state index in [-0.39, 0.29) is 18.1 Å². The van der Waals surface area contributed by atoms with Crippen molar-refractivity contribution in [3.63, 3.8) is 0 Å². The van der Waals surface area contributed by atoms with Crippen LogP contribution in [-0.2, 0) is 5.54 Å². The topological polar surface area (TPSA) is 64.9 Å². The lowest BCUT2D eigenvalue weighted by Gasteiger charge is -2.30. The summed E-state index contributed by atoms with van der Waals surface area (Å²) >= 11 is 0. The van der Waals surface area contributed by atoms with Gasteiger partial charge >= 0.3 is 6.18 Å². The molecule has 1 aromatic heterocycles. The second-order valence-electron chi connectivity index (χ2n) is 5.72. The lowest BCUT2D eigenvalue weighted by molar-refractivity contribution is -0.189. The zero-order valence-electron chi connectivity index (χ0n) is 11.0. The van der Waals surface area contributed by atoms with Crippen molar-refractivity contribution in [2.24, 2.45) is 11.7 Å². The van der Waals surface area contributed by atoms with Gasteiger partial charge in [-0.25, -0.2) is 0 Å². The highest BCUT2D eigenvalue weighted by Crippen LogP contribution is 2.46. The third kappa shape index (κ3) is 3.08. The van der Waals surface area contributed by atoms with E-state index in [1.165, 1.54) is 0 Å². The number of nitrogens with zero attached hydrogens (tertiary/aromatic N) is 2. The number of hydrogen-bond acceptors (Lipinski definition) is 4. The Labute approximate surface area is 109 Å². The molecule has 0 aliphatic heterocycles. The van der Waals surface area contributed by atoms with Crippen molar-refractivity contribution in [1.82, 2.24) is 10.1 Å². The van der Waals surface area contributed by atoms with Gasteiger partial charge in [0.2, 0.25) is 5.89 Å². The van der Waals surface area contributed by atoms with Gasteiger partial charge in [0, 0.05) is 5.92 Å². The largest absolute Gasteiger partial charge is 0.392 e. The molecule has 0 spiro atoms. The molecule has 1 fully saturated rings. The van der Waals surface area contributed by atoms with Crippen molar-refractivity contribution < 1.29 is 17.7 Å². The van der Waals surface area contributed by atoms with Crippen LogP contribution in [0.15, 0.2) is 4.52 Å². The maximum Gasteiger partial charge on any atom is 0.392 e. The van der Waals surface area contributed by atoms with Crippen LogP contribution in [0.25, 0.3) is 0 Å². The van der Waals surface area contributed by atoms with E-state index in [2.05, 4.69) is 10.1 Å². The zero-order valence-corrected chi connectivity index (χ0v) is 11.0. The number of halogens is 3. The SMILES string of the molecule is CC(C)(N)c1noc(C2CCCCC2C(F)(F)F)n1. The van der Waals surface area contributed by atoms with Crippen LogP contribution in [0, 0.1) is 5.92 Å². The van der Waals surface area contributed by atoms with Crippen molar-refractivity contribution in [2.75, 3.05) is 0 Å². The molecule has 2 rings (SSSR count). The maximum absolute atomic E-state index is 13.0. The summed E-state index contributed by atoms with van der Waals surface area (Å²) in [6.45, 7) is 3.37. The molecule has 2 unspecified atom stereocenters. The van der Waals surface area contributed by atoms with E-state index < -0.39 is 23.6 Å². The summed E-state index contributed by atoms with van der Waals surface area (Å²) < 4.78 is 44.0. The molecule has 0 radical (unpaired) electrons. The lowest BCUT2D eigenvalue weighted by atomic mass is 9.78. The predicted octanol–water partition coefficient (Wildman–Crippen LogP) is 3.10. The summed E-state index contributed by atoms with van der Waals surface area (Å²) in [6.07, 6.45) is -2.34. The van der Waals surface area contributed by atoms with Gasteiger partial charge in [0.25, 0.3) is 0 Å². The number of aromatic nitrogens is 2. The second kappa shape index (κ2) is 4.77. The van der Waals surface area contributed by atoms with E-state index in [0.717, 1.165) is 6.42 Å². The summed E-state index contributed by atoms with van der Waals surface area (Å²) in [5, 5.41) is 3.70. The minimum absolute atomic E-state index is 0.0653. The Hall–Kier alpha value is -1.11. The molecule has 1 aromatic rings. The molecule has 1 aliphatic rings. The van der Waals surface area contributed by atoms with Crippen LogP contribution >= 0.6 is 0 Å². The highest BCUT2D eigenvalue weighted by Gasteiger charge is 2.48. The van der Waals surface area contributed by atoms with Gasteiger partial charge in [0.1, 0.15) is 0 Å². The Bertz CT molecular complexity index is 436. The van der Waals surface area contributed by atoms with Gasteiger partial charge in [-0.1, -0.05) is 18.0 Å². The van der Waals surface area contributed by atoms with Gasteiger partial charge in [-0.15, -0.1) is 0 Å². The highest BCUT2D eigenvalue weighted by atomic mass is 19.4. The zero-order chi connectivity index (χ0) is 14.3. The average Bonchev–Trinajstić information content (AvgIpc) is 2.76. The van der Waals surface area contributed by atoms with Crippen molar-refractivity contribution in [1.29, 1.82) is 0 Å². The van der Waals surface area contributed by atoms with Crippen LogP contribution in [0.5, 0.6) is 0 Å². The van der Waals surface area contributed by atoms with Crippen molar-refractivity contribution in [2.45, 2.75) is 57.2 Å². The Morgan fingerprint density at radius 1 is 1.21 bits per heavy atom. The standard InChI is InChI=1S/C12H18F3N3O/c1-11(2,16)10-17-9(19-18-10)7-5-3-4-6-8(7)12(13,14)15/h7-8H,3-6,16H2,1-2H3. The van der Waals surface area contributed by atoms with Gasteiger partial charge < -0.3 is 10.3 Å². The van der Waals surface area contributed by atoms with E-state index in [9.17, 15) is 13.2 Å². The Morgan fingerprint density at radius 2 is 1.84 bits per heavy atom. The predicted molar refractivity (Wildman–Crippen MR) is 62.3 cm³/mol. The molecular weight excluding hydrogens is 259 g/mol. The number of hydrogen-bond donors (Lipinski definition) is 1. The van der Waals surface area contributed by atoms with Crippen LogP contribution in [0.1, 0.15) is 57.2 Å². The summed E-state index contributed by atoms with van der Waals surface area (Å²) in [5.74, 6) is -1.82. The fourth-order valence-corrected chi connectivity index (χ4v) is 2.47.